The zero-order valence-electron chi connectivity index (χ0n) is 14.9. The topological polar surface area (TPSA) is 55.7 Å². The Morgan fingerprint density at radius 2 is 2.00 bits per heavy atom. The molecule has 7 heteroatoms. The molecule has 1 aliphatic rings. The summed E-state index contributed by atoms with van der Waals surface area (Å²) in [7, 11) is 2.00. The van der Waals surface area contributed by atoms with Gasteiger partial charge < -0.3 is 19.4 Å². The third-order valence-electron chi connectivity index (χ3n) is 4.49. The van der Waals surface area contributed by atoms with E-state index in [0.717, 1.165) is 18.8 Å². The first-order chi connectivity index (χ1) is 12.6. The Morgan fingerprint density at radius 3 is 2.65 bits per heavy atom. The number of carbonyl (C=O) groups excluding carboxylic acids is 1. The molecule has 26 heavy (non-hydrogen) atoms. The molecule has 1 atom stereocenters. The molecule has 1 fully saturated rings. The van der Waals surface area contributed by atoms with Gasteiger partial charge in [0.1, 0.15) is 11.6 Å². The maximum absolute atomic E-state index is 12.9. The van der Waals surface area contributed by atoms with Crippen molar-refractivity contribution in [2.24, 2.45) is 7.05 Å². The van der Waals surface area contributed by atoms with Crippen molar-refractivity contribution in [1.82, 2.24) is 14.8 Å². The average molecular weight is 361 g/mol. The van der Waals surface area contributed by atoms with E-state index in [2.05, 4.69) is 20.9 Å². The Balaban J connectivity index is 1.55. The highest BCUT2D eigenvalue weighted by atomic mass is 19.1. The van der Waals surface area contributed by atoms with E-state index in [1.807, 2.05) is 19.3 Å². The van der Waals surface area contributed by atoms with Crippen LogP contribution in [0.15, 0.2) is 42.6 Å². The molecule has 0 radical (unpaired) electrons. The molecule has 0 bridgehead atoms. The van der Waals surface area contributed by atoms with E-state index in [1.165, 1.54) is 24.3 Å². The van der Waals surface area contributed by atoms with E-state index in [4.69, 9.17) is 9.47 Å². The van der Waals surface area contributed by atoms with Crippen molar-refractivity contribution in [3.05, 3.63) is 54.1 Å². The molecule has 1 aliphatic heterocycles. The maximum atomic E-state index is 12.9. The number of aromatic nitrogens is 1. The van der Waals surface area contributed by atoms with Crippen molar-refractivity contribution in [2.75, 3.05) is 39.5 Å². The van der Waals surface area contributed by atoms with E-state index in [0.29, 0.717) is 25.5 Å². The van der Waals surface area contributed by atoms with Gasteiger partial charge >= 0.3 is 0 Å². The number of amides is 1. The zero-order chi connectivity index (χ0) is 18.4. The second kappa shape index (κ2) is 8.82. The lowest BCUT2D eigenvalue weighted by molar-refractivity contribution is -0.123. The quantitative estimate of drug-likeness (QED) is 0.816. The number of hydrogen-bond donors (Lipinski definition) is 1. The highest BCUT2D eigenvalue weighted by molar-refractivity contribution is 5.77. The Bertz CT molecular complexity index is 711. The van der Waals surface area contributed by atoms with Gasteiger partial charge in [-0.3, -0.25) is 9.69 Å². The van der Waals surface area contributed by atoms with Crippen LogP contribution in [-0.4, -0.2) is 54.8 Å². The number of rotatable bonds is 7. The minimum Gasteiger partial charge on any atom is -0.484 e. The smallest absolute Gasteiger partial charge is 0.258 e. The number of hydrogen-bond acceptors (Lipinski definition) is 4. The zero-order valence-corrected chi connectivity index (χ0v) is 14.9. The summed E-state index contributed by atoms with van der Waals surface area (Å²) in [6, 6.07) is 9.76. The Labute approximate surface area is 152 Å². The molecule has 0 saturated carbocycles. The minimum atomic E-state index is -0.335. The predicted octanol–water partition coefficient (Wildman–Crippen LogP) is 1.73. The van der Waals surface area contributed by atoms with Crippen LogP contribution < -0.4 is 10.1 Å². The van der Waals surface area contributed by atoms with Gasteiger partial charge in [-0.25, -0.2) is 4.39 Å². The molecule has 3 rings (SSSR count). The van der Waals surface area contributed by atoms with E-state index in [9.17, 15) is 9.18 Å². The summed E-state index contributed by atoms with van der Waals surface area (Å²) >= 11 is 0. The Morgan fingerprint density at radius 1 is 1.27 bits per heavy atom. The van der Waals surface area contributed by atoms with Gasteiger partial charge in [0.25, 0.3) is 5.91 Å². The van der Waals surface area contributed by atoms with E-state index in [1.54, 1.807) is 0 Å². The van der Waals surface area contributed by atoms with Crippen LogP contribution in [0, 0.1) is 5.82 Å². The summed E-state index contributed by atoms with van der Waals surface area (Å²) in [6.07, 6.45) is 2.00. The van der Waals surface area contributed by atoms with Gasteiger partial charge in [0.15, 0.2) is 6.61 Å². The van der Waals surface area contributed by atoms with Crippen molar-refractivity contribution >= 4 is 5.91 Å². The molecule has 6 nitrogen and oxygen atoms in total. The molecule has 0 spiro atoms. The second-order valence-electron chi connectivity index (χ2n) is 6.25. The summed E-state index contributed by atoms with van der Waals surface area (Å²) in [5, 5.41) is 2.94. The number of morpholine rings is 1. The summed E-state index contributed by atoms with van der Waals surface area (Å²) in [5.41, 5.74) is 1.15. The lowest BCUT2D eigenvalue weighted by Crippen LogP contribution is -2.45. The molecule has 1 unspecified atom stereocenters. The molecule has 1 saturated heterocycles. The van der Waals surface area contributed by atoms with Crippen LogP contribution in [0.1, 0.15) is 11.7 Å². The van der Waals surface area contributed by atoms with Crippen molar-refractivity contribution in [3.63, 3.8) is 0 Å². The summed E-state index contributed by atoms with van der Waals surface area (Å²) < 4.78 is 25.8. The largest absolute Gasteiger partial charge is 0.484 e. The number of carbonyl (C=O) groups is 1. The van der Waals surface area contributed by atoms with Gasteiger partial charge in [-0.2, -0.15) is 0 Å². The molecule has 2 heterocycles. The van der Waals surface area contributed by atoms with Crippen LogP contribution in [0.4, 0.5) is 4.39 Å². The fourth-order valence-corrected chi connectivity index (χ4v) is 3.07. The van der Waals surface area contributed by atoms with E-state index in [-0.39, 0.29) is 24.4 Å². The van der Waals surface area contributed by atoms with Gasteiger partial charge in [0.05, 0.1) is 19.3 Å². The molecular formula is C19H24FN3O3. The van der Waals surface area contributed by atoms with Crippen molar-refractivity contribution < 1.29 is 18.7 Å². The van der Waals surface area contributed by atoms with E-state index < -0.39 is 0 Å². The van der Waals surface area contributed by atoms with Gasteiger partial charge in [-0.1, -0.05) is 0 Å². The highest BCUT2D eigenvalue weighted by Gasteiger charge is 2.24. The second-order valence-corrected chi connectivity index (χ2v) is 6.25. The molecule has 0 aliphatic carbocycles. The number of nitrogens with one attached hydrogen (secondary N) is 1. The average Bonchev–Trinajstić information content (AvgIpc) is 3.08. The van der Waals surface area contributed by atoms with Crippen LogP contribution >= 0.6 is 0 Å². The maximum Gasteiger partial charge on any atom is 0.258 e. The molecule has 1 amide bonds. The van der Waals surface area contributed by atoms with Crippen LogP contribution in [0.3, 0.4) is 0 Å². The highest BCUT2D eigenvalue weighted by Crippen LogP contribution is 2.21. The first-order valence-corrected chi connectivity index (χ1v) is 8.71. The number of aryl methyl sites for hydroxylation is 1. The summed E-state index contributed by atoms with van der Waals surface area (Å²) in [6.45, 7) is 3.44. The third-order valence-corrected chi connectivity index (χ3v) is 4.49. The molecule has 140 valence electrons. The molecular weight excluding hydrogens is 337 g/mol. The molecule has 1 aromatic heterocycles. The van der Waals surface area contributed by atoms with Crippen LogP contribution in [0.25, 0.3) is 0 Å². The first kappa shape index (κ1) is 18.4. The molecule has 1 aromatic carbocycles. The Kier molecular flexibility index (Phi) is 6.25. The predicted molar refractivity (Wildman–Crippen MR) is 95.5 cm³/mol. The standard InChI is InChI=1S/C19H24FN3O3/c1-22-8-2-3-17(22)18(23-9-11-25-12-10-23)13-21-19(24)14-26-16-6-4-15(20)5-7-16/h2-8,18H,9-14H2,1H3,(H,21,24). The lowest BCUT2D eigenvalue weighted by atomic mass is 10.1. The Hall–Kier alpha value is -2.38. The van der Waals surface area contributed by atoms with Gasteiger partial charge in [-0.15, -0.1) is 0 Å². The van der Waals surface area contributed by atoms with Crippen LogP contribution in [-0.2, 0) is 16.6 Å². The van der Waals surface area contributed by atoms with E-state index >= 15 is 0 Å². The van der Waals surface area contributed by atoms with Crippen LogP contribution in [0.5, 0.6) is 5.75 Å². The molecule has 1 N–H and O–H groups in total. The van der Waals surface area contributed by atoms with Crippen molar-refractivity contribution in [2.45, 2.75) is 6.04 Å². The summed E-state index contributed by atoms with van der Waals surface area (Å²) in [4.78, 5) is 14.5. The third kappa shape index (κ3) is 4.83. The number of nitrogens with zero attached hydrogens (tertiary/aromatic N) is 2. The fraction of sp³-hybridized carbons (Fsp3) is 0.421. The van der Waals surface area contributed by atoms with Crippen LogP contribution in [0.2, 0.25) is 0 Å². The molecule has 2 aromatic rings. The SMILES string of the molecule is Cn1cccc1C(CNC(=O)COc1ccc(F)cc1)N1CCOCC1. The fourth-order valence-electron chi connectivity index (χ4n) is 3.07. The number of benzene rings is 1. The van der Waals surface area contributed by atoms with Gasteiger partial charge in [0.2, 0.25) is 0 Å². The van der Waals surface area contributed by atoms with Crippen molar-refractivity contribution in [1.29, 1.82) is 0 Å². The van der Waals surface area contributed by atoms with Crippen molar-refractivity contribution in [3.8, 4) is 5.75 Å². The lowest BCUT2D eigenvalue weighted by Gasteiger charge is -2.34. The van der Waals surface area contributed by atoms with Gasteiger partial charge in [0, 0.05) is 38.6 Å². The normalized spacial score (nSPS) is 16.2. The minimum absolute atomic E-state index is 0.0775. The monoisotopic (exact) mass is 361 g/mol. The van der Waals surface area contributed by atoms with Gasteiger partial charge in [-0.05, 0) is 36.4 Å². The number of ether oxygens (including phenoxy) is 2. The number of halogens is 1. The first-order valence-electron chi connectivity index (χ1n) is 8.71. The summed E-state index contributed by atoms with van der Waals surface area (Å²) in [5.74, 6) is -0.0757.